The van der Waals surface area contributed by atoms with E-state index in [1.807, 2.05) is 56.2 Å². The Bertz CT molecular complexity index is 1620. The van der Waals surface area contributed by atoms with E-state index in [-0.39, 0.29) is 30.2 Å². The van der Waals surface area contributed by atoms with Crippen LogP contribution in [-0.4, -0.2) is 99.0 Å². The molecule has 1 aromatic heterocycles. The smallest absolute Gasteiger partial charge is 0.251 e. The molecule has 3 aromatic rings. The fraction of sp³-hybridized carbons (Fsp3) is 0.514. The van der Waals surface area contributed by atoms with Crippen LogP contribution in [0.3, 0.4) is 0 Å². The molecule has 1 N–H and O–H groups in total. The molecule has 2 fully saturated rings. The van der Waals surface area contributed by atoms with E-state index >= 15 is 0 Å². The van der Waals surface area contributed by atoms with Crippen LogP contribution in [0.5, 0.6) is 5.75 Å². The van der Waals surface area contributed by atoms with Crippen molar-refractivity contribution in [1.82, 2.24) is 24.6 Å². The summed E-state index contributed by atoms with van der Waals surface area (Å²) in [6, 6.07) is 12.3. The molecule has 234 valence electrons. The number of nitrogens with one attached hydrogen (secondary N) is 1. The Hall–Kier alpha value is -3.85. The molecular formula is C35H45N5O4. The minimum Gasteiger partial charge on any atom is -0.497 e. The van der Waals surface area contributed by atoms with Crippen molar-refractivity contribution in [2.45, 2.75) is 50.5 Å². The Labute approximate surface area is 260 Å². The lowest BCUT2D eigenvalue weighted by molar-refractivity contribution is -0.141. The van der Waals surface area contributed by atoms with Gasteiger partial charge in [0.15, 0.2) is 0 Å². The topological polar surface area (TPSA) is 87.1 Å². The van der Waals surface area contributed by atoms with Gasteiger partial charge in [0.2, 0.25) is 11.8 Å². The molecule has 44 heavy (non-hydrogen) atoms. The molecule has 1 saturated carbocycles. The molecule has 0 bridgehead atoms. The van der Waals surface area contributed by atoms with Crippen LogP contribution in [0.15, 0.2) is 36.4 Å². The number of carbonyl (C=O) groups is 3. The van der Waals surface area contributed by atoms with Gasteiger partial charge in [-0.05, 0) is 74.3 Å². The van der Waals surface area contributed by atoms with E-state index in [0.717, 1.165) is 46.3 Å². The first kappa shape index (κ1) is 30.2. The summed E-state index contributed by atoms with van der Waals surface area (Å²) in [6.07, 6.45) is 5.87. The van der Waals surface area contributed by atoms with Gasteiger partial charge >= 0.3 is 0 Å². The lowest BCUT2D eigenvalue weighted by atomic mass is 9.72. The number of aromatic nitrogens is 1. The van der Waals surface area contributed by atoms with Crippen molar-refractivity contribution in [2.24, 2.45) is 5.41 Å². The average Bonchev–Trinajstić information content (AvgIpc) is 3.53. The number of carbonyl (C=O) groups excluding carboxylic acids is 3. The van der Waals surface area contributed by atoms with Crippen LogP contribution < -0.4 is 10.1 Å². The highest BCUT2D eigenvalue weighted by Gasteiger charge is 2.57. The molecule has 0 spiro atoms. The maximum Gasteiger partial charge on any atom is 0.251 e. The van der Waals surface area contributed by atoms with Crippen molar-refractivity contribution >= 4 is 28.6 Å². The first-order chi connectivity index (χ1) is 21.1. The third-order valence-corrected chi connectivity index (χ3v) is 10.1. The monoisotopic (exact) mass is 599 g/mol. The predicted octanol–water partition coefficient (Wildman–Crippen LogP) is 4.30. The first-order valence-electron chi connectivity index (χ1n) is 15.8. The fourth-order valence-corrected chi connectivity index (χ4v) is 8.13. The number of fused-ring (bicyclic) bond motifs is 7. The van der Waals surface area contributed by atoms with Crippen molar-refractivity contribution in [3.63, 3.8) is 0 Å². The molecule has 3 amide bonds. The second kappa shape index (κ2) is 11.6. The maximum atomic E-state index is 14.6. The third kappa shape index (κ3) is 4.85. The molecule has 0 radical (unpaired) electrons. The van der Waals surface area contributed by atoms with Gasteiger partial charge < -0.3 is 29.3 Å². The molecule has 2 aromatic carbocycles. The van der Waals surface area contributed by atoms with Gasteiger partial charge in [0.05, 0.1) is 24.8 Å². The van der Waals surface area contributed by atoms with Gasteiger partial charge in [0.25, 0.3) is 5.91 Å². The summed E-state index contributed by atoms with van der Waals surface area (Å²) in [5, 5.41) is 3.92. The lowest BCUT2D eigenvalue weighted by Gasteiger charge is -2.35. The zero-order valence-electron chi connectivity index (χ0n) is 26.9. The van der Waals surface area contributed by atoms with E-state index in [1.54, 1.807) is 19.1 Å². The number of nitrogens with zero attached hydrogens (tertiary/aromatic N) is 4. The average molecular weight is 600 g/mol. The zero-order valence-corrected chi connectivity index (χ0v) is 26.9. The number of likely N-dealkylation sites (N-methyl/N-ethyl adjacent to an activating group) is 1. The normalized spacial score (nSPS) is 21.4. The summed E-state index contributed by atoms with van der Waals surface area (Å²) in [7, 11) is 10.7. The standard InChI is InChI=1S/C35H45N5O4/c1-36-33(42)23-12-14-26-29(16-23)40-21-35(34(43)38(4)5)20-39(30(41)19-37(2)3)18-28(35)27-17-24(44-6)13-15-25(27)32(40)31(26)22-10-8-7-9-11-22/h12-17,22,28H,7-11,18-21H2,1-6H3,(H,36,42). The second-order valence-corrected chi connectivity index (χ2v) is 13.4. The number of hydrogen-bond donors (Lipinski definition) is 1. The quantitative estimate of drug-likeness (QED) is 0.457. The van der Waals surface area contributed by atoms with E-state index in [0.29, 0.717) is 31.1 Å². The van der Waals surface area contributed by atoms with E-state index in [9.17, 15) is 14.4 Å². The van der Waals surface area contributed by atoms with Gasteiger partial charge in [-0.1, -0.05) is 25.3 Å². The van der Waals surface area contributed by atoms with Crippen LogP contribution in [0.4, 0.5) is 0 Å². The van der Waals surface area contributed by atoms with Crippen molar-refractivity contribution in [3.05, 3.63) is 53.1 Å². The number of hydrogen-bond acceptors (Lipinski definition) is 5. The number of methoxy groups -OCH3 is 1. The fourth-order valence-electron chi connectivity index (χ4n) is 8.13. The van der Waals surface area contributed by atoms with Crippen molar-refractivity contribution in [2.75, 3.05) is 62.0 Å². The van der Waals surface area contributed by atoms with E-state index in [2.05, 4.69) is 28.1 Å². The maximum absolute atomic E-state index is 14.6. The largest absolute Gasteiger partial charge is 0.497 e. The molecule has 2 unspecified atom stereocenters. The molecule has 2 atom stereocenters. The molecule has 3 aliphatic rings. The summed E-state index contributed by atoms with van der Waals surface area (Å²) < 4.78 is 8.07. The van der Waals surface area contributed by atoms with Gasteiger partial charge in [-0.2, -0.15) is 0 Å². The number of amides is 3. The Morgan fingerprint density at radius 3 is 2.41 bits per heavy atom. The Morgan fingerprint density at radius 2 is 1.75 bits per heavy atom. The molecule has 9 heteroatoms. The van der Waals surface area contributed by atoms with Gasteiger partial charge in [-0.3, -0.25) is 14.4 Å². The van der Waals surface area contributed by atoms with E-state index < -0.39 is 5.41 Å². The lowest BCUT2D eigenvalue weighted by Crippen LogP contribution is -2.48. The summed E-state index contributed by atoms with van der Waals surface area (Å²) in [4.78, 5) is 46.4. The van der Waals surface area contributed by atoms with E-state index in [4.69, 9.17) is 4.74 Å². The summed E-state index contributed by atoms with van der Waals surface area (Å²) >= 11 is 0. The van der Waals surface area contributed by atoms with Crippen molar-refractivity contribution in [3.8, 4) is 17.0 Å². The van der Waals surface area contributed by atoms with E-state index in [1.165, 1.54) is 24.8 Å². The van der Waals surface area contributed by atoms with Gasteiger partial charge in [0.1, 0.15) is 5.75 Å². The highest BCUT2D eigenvalue weighted by molar-refractivity contribution is 6.01. The minimum absolute atomic E-state index is 0.00722. The third-order valence-electron chi connectivity index (χ3n) is 10.1. The molecule has 3 heterocycles. The summed E-state index contributed by atoms with van der Waals surface area (Å²) in [5.74, 6) is 0.774. The number of benzene rings is 2. The van der Waals surface area contributed by atoms with Crippen LogP contribution in [0.2, 0.25) is 0 Å². The van der Waals surface area contributed by atoms with Crippen molar-refractivity contribution < 1.29 is 19.1 Å². The van der Waals surface area contributed by atoms with Gasteiger partial charge in [0, 0.05) is 68.7 Å². The van der Waals surface area contributed by atoms with Crippen LogP contribution in [0.25, 0.3) is 22.2 Å². The van der Waals surface area contributed by atoms with Gasteiger partial charge in [-0.15, -0.1) is 0 Å². The molecule has 1 aliphatic carbocycles. The molecule has 9 nitrogen and oxygen atoms in total. The second-order valence-electron chi connectivity index (χ2n) is 13.4. The van der Waals surface area contributed by atoms with Crippen LogP contribution in [0.1, 0.15) is 65.4 Å². The minimum atomic E-state index is -0.906. The summed E-state index contributed by atoms with van der Waals surface area (Å²) in [5.41, 5.74) is 5.25. The zero-order chi connectivity index (χ0) is 31.3. The van der Waals surface area contributed by atoms with Crippen molar-refractivity contribution in [1.29, 1.82) is 0 Å². The number of rotatable bonds is 6. The Morgan fingerprint density at radius 1 is 1.00 bits per heavy atom. The Kier molecular flexibility index (Phi) is 7.94. The number of likely N-dealkylation sites (tertiary alicyclic amines) is 1. The molecular weight excluding hydrogens is 554 g/mol. The van der Waals surface area contributed by atoms with Gasteiger partial charge in [-0.25, -0.2) is 0 Å². The summed E-state index contributed by atoms with van der Waals surface area (Å²) in [6.45, 7) is 1.47. The van der Waals surface area contributed by atoms with Crippen LogP contribution in [-0.2, 0) is 16.1 Å². The first-order valence-corrected chi connectivity index (χ1v) is 15.8. The highest BCUT2D eigenvalue weighted by atomic mass is 16.5. The molecule has 1 saturated heterocycles. The highest BCUT2D eigenvalue weighted by Crippen LogP contribution is 2.55. The van der Waals surface area contributed by atoms with Crippen LogP contribution >= 0.6 is 0 Å². The number of ether oxygens (including phenoxy) is 1. The van der Waals surface area contributed by atoms with Crippen LogP contribution in [0, 0.1) is 5.41 Å². The predicted molar refractivity (Wildman–Crippen MR) is 172 cm³/mol. The SMILES string of the molecule is CNC(=O)c1ccc2c(C3CCCCC3)c3n(c2c1)CC1(C(=O)N(C)C)CN(C(=O)CN(C)C)CC1c1cc(OC)ccc1-3. The Balaban J connectivity index is 1.67. The molecule has 2 aliphatic heterocycles. The molecule has 6 rings (SSSR count).